The summed E-state index contributed by atoms with van der Waals surface area (Å²) in [4.78, 5) is 12.9. The van der Waals surface area contributed by atoms with Gasteiger partial charge in [-0.3, -0.25) is 4.90 Å². The number of aliphatic hydroxyl groups is 2. The van der Waals surface area contributed by atoms with Gasteiger partial charge in [0.15, 0.2) is 0 Å². The number of hydrogen-bond acceptors (Lipinski definition) is 5. The number of hydrogen-bond donors (Lipinski definition) is 4. The number of carbonyl (C=O) groups is 1. The Hall–Kier alpha value is -1.15. The summed E-state index contributed by atoms with van der Waals surface area (Å²) in [5, 5.41) is 21.0. The van der Waals surface area contributed by atoms with Gasteiger partial charge in [-0.25, -0.2) is 4.79 Å². The number of aliphatic hydroxyl groups excluding tert-OH is 2. The second-order valence-corrected chi connectivity index (χ2v) is 3.84. The smallest absolute Gasteiger partial charge is 0.325 e. The Morgan fingerprint density at radius 2 is 2.44 bits per heavy atom. The molecule has 16 heavy (non-hydrogen) atoms. The first-order valence-electron chi connectivity index (χ1n) is 5.09. The maximum Gasteiger partial charge on any atom is 0.325 e. The topological polar surface area (TPSA) is 108 Å². The summed E-state index contributed by atoms with van der Waals surface area (Å²) in [6, 6.07) is -0.370. The summed E-state index contributed by atoms with van der Waals surface area (Å²) in [6.45, 7) is -0.268. The van der Waals surface area contributed by atoms with Gasteiger partial charge in [-0.15, -0.1) is 0 Å². The number of carbonyl (C=O) groups excluding carboxylic acids is 1. The fourth-order valence-electron chi connectivity index (χ4n) is 1.80. The van der Waals surface area contributed by atoms with Crippen molar-refractivity contribution < 1.29 is 19.7 Å². The van der Waals surface area contributed by atoms with Crippen LogP contribution in [0, 0.1) is 0 Å². The molecule has 2 heterocycles. The molecule has 0 spiro atoms. The van der Waals surface area contributed by atoms with Crippen LogP contribution >= 0.6 is 0 Å². The van der Waals surface area contributed by atoms with E-state index in [-0.39, 0.29) is 19.1 Å². The predicted octanol–water partition coefficient (Wildman–Crippen LogP) is -1.72. The lowest BCUT2D eigenvalue weighted by Gasteiger charge is -2.29. The van der Waals surface area contributed by atoms with E-state index < -0.39 is 24.6 Å². The average Bonchev–Trinajstić information content (AvgIpc) is 2.59. The summed E-state index contributed by atoms with van der Waals surface area (Å²) in [6.07, 6.45) is 0.968. The molecular weight excluding hydrogens is 214 g/mol. The highest BCUT2D eigenvalue weighted by Crippen LogP contribution is 2.24. The van der Waals surface area contributed by atoms with Gasteiger partial charge in [0.1, 0.15) is 12.3 Å². The largest absolute Gasteiger partial charge is 0.394 e. The minimum Gasteiger partial charge on any atom is -0.394 e. The van der Waals surface area contributed by atoms with E-state index in [0.717, 1.165) is 0 Å². The van der Waals surface area contributed by atoms with Gasteiger partial charge in [0.2, 0.25) is 0 Å². The van der Waals surface area contributed by atoms with Gasteiger partial charge in [0, 0.05) is 12.6 Å². The molecule has 0 aromatic rings. The SMILES string of the molecule is NC1C=CN([C@H]2C[C@H](O)[C@@H](CO)O2)C(=O)N1. The molecule has 0 aliphatic carbocycles. The Labute approximate surface area is 92.5 Å². The van der Waals surface area contributed by atoms with Gasteiger partial charge in [-0.1, -0.05) is 0 Å². The highest BCUT2D eigenvalue weighted by molar-refractivity contribution is 5.77. The molecule has 7 heteroatoms. The highest BCUT2D eigenvalue weighted by Gasteiger charge is 2.38. The van der Waals surface area contributed by atoms with E-state index in [2.05, 4.69) is 5.32 Å². The fraction of sp³-hybridized carbons (Fsp3) is 0.667. The zero-order valence-corrected chi connectivity index (χ0v) is 8.61. The van der Waals surface area contributed by atoms with E-state index in [1.807, 2.05) is 0 Å². The van der Waals surface area contributed by atoms with Crippen molar-refractivity contribution in [2.45, 2.75) is 31.0 Å². The average molecular weight is 229 g/mol. The molecule has 0 saturated carbocycles. The van der Waals surface area contributed by atoms with Gasteiger partial charge >= 0.3 is 6.03 Å². The lowest BCUT2D eigenvalue weighted by Crippen LogP contribution is -2.52. The number of nitrogens with zero attached hydrogens (tertiary/aromatic N) is 1. The third-order valence-electron chi connectivity index (χ3n) is 2.67. The molecule has 0 radical (unpaired) electrons. The number of nitrogens with one attached hydrogen (secondary N) is 1. The van der Waals surface area contributed by atoms with Crippen LogP contribution < -0.4 is 11.1 Å². The minimum atomic E-state index is -0.758. The molecule has 4 atom stereocenters. The molecule has 7 nitrogen and oxygen atoms in total. The lowest BCUT2D eigenvalue weighted by molar-refractivity contribution is -0.0542. The van der Waals surface area contributed by atoms with Crippen molar-refractivity contribution in [2.24, 2.45) is 5.73 Å². The summed E-state index contributed by atoms with van der Waals surface area (Å²) in [5.74, 6) is 0. The van der Waals surface area contributed by atoms with E-state index in [0.29, 0.717) is 0 Å². The van der Waals surface area contributed by atoms with Crippen molar-refractivity contribution in [3.63, 3.8) is 0 Å². The molecule has 0 aromatic heterocycles. The van der Waals surface area contributed by atoms with Gasteiger partial charge in [-0.2, -0.15) is 0 Å². The number of urea groups is 1. The van der Waals surface area contributed by atoms with E-state index in [1.54, 1.807) is 6.08 Å². The Morgan fingerprint density at radius 1 is 1.69 bits per heavy atom. The molecule has 1 saturated heterocycles. The highest BCUT2D eigenvalue weighted by atomic mass is 16.5. The summed E-state index contributed by atoms with van der Waals surface area (Å²) in [7, 11) is 0. The van der Waals surface area contributed by atoms with Crippen LogP contribution in [0.5, 0.6) is 0 Å². The third kappa shape index (κ3) is 2.03. The van der Waals surface area contributed by atoms with E-state index in [4.69, 9.17) is 15.6 Å². The Morgan fingerprint density at radius 3 is 3.00 bits per heavy atom. The molecule has 2 rings (SSSR count). The maximum atomic E-state index is 11.6. The second kappa shape index (κ2) is 4.38. The van der Waals surface area contributed by atoms with E-state index in [1.165, 1.54) is 11.1 Å². The lowest BCUT2D eigenvalue weighted by atomic mass is 10.2. The first kappa shape index (κ1) is 11.3. The molecule has 5 N–H and O–H groups in total. The predicted molar refractivity (Wildman–Crippen MR) is 53.9 cm³/mol. The molecule has 90 valence electrons. The minimum absolute atomic E-state index is 0.268. The van der Waals surface area contributed by atoms with Crippen LogP contribution in [-0.4, -0.2) is 52.4 Å². The molecule has 1 unspecified atom stereocenters. The van der Waals surface area contributed by atoms with E-state index >= 15 is 0 Å². The molecule has 1 fully saturated rings. The number of rotatable bonds is 2. The normalized spacial score (nSPS) is 38.9. The van der Waals surface area contributed by atoms with Crippen LogP contribution in [0.25, 0.3) is 0 Å². The van der Waals surface area contributed by atoms with Crippen molar-refractivity contribution in [3.05, 3.63) is 12.3 Å². The standard InChI is InChI=1S/C9H15N3O4/c10-7-1-2-12(9(15)11-7)8-3-5(14)6(4-13)16-8/h1-2,5-8,13-14H,3-4,10H2,(H,11,15)/t5-,6+,7?,8+/m0/s1. The molecule has 0 bridgehead atoms. The Kier molecular flexibility index (Phi) is 3.10. The van der Waals surface area contributed by atoms with Crippen molar-refractivity contribution in [2.75, 3.05) is 6.61 Å². The summed E-state index contributed by atoms with van der Waals surface area (Å²) >= 11 is 0. The van der Waals surface area contributed by atoms with Gasteiger partial charge in [0.25, 0.3) is 0 Å². The van der Waals surface area contributed by atoms with E-state index in [9.17, 15) is 9.90 Å². The first-order chi connectivity index (χ1) is 7.61. The van der Waals surface area contributed by atoms with Gasteiger partial charge in [-0.05, 0) is 6.08 Å². The molecular formula is C9H15N3O4. The zero-order valence-electron chi connectivity index (χ0n) is 8.61. The van der Waals surface area contributed by atoms with Crippen molar-refractivity contribution >= 4 is 6.03 Å². The van der Waals surface area contributed by atoms with Crippen LogP contribution in [0.3, 0.4) is 0 Å². The molecule has 2 aliphatic rings. The van der Waals surface area contributed by atoms with Gasteiger partial charge in [0.05, 0.1) is 18.9 Å². The van der Waals surface area contributed by atoms with Crippen LogP contribution in [-0.2, 0) is 4.74 Å². The van der Waals surface area contributed by atoms with Gasteiger partial charge < -0.3 is 26.0 Å². The molecule has 0 aromatic carbocycles. The fourth-order valence-corrected chi connectivity index (χ4v) is 1.80. The van der Waals surface area contributed by atoms with Crippen LogP contribution in [0.4, 0.5) is 4.79 Å². The van der Waals surface area contributed by atoms with Crippen molar-refractivity contribution in [1.29, 1.82) is 0 Å². The molecule has 2 amide bonds. The second-order valence-electron chi connectivity index (χ2n) is 3.84. The third-order valence-corrected chi connectivity index (χ3v) is 2.67. The monoisotopic (exact) mass is 229 g/mol. The Bertz CT molecular complexity index is 309. The van der Waals surface area contributed by atoms with Crippen LogP contribution in [0.2, 0.25) is 0 Å². The van der Waals surface area contributed by atoms with Crippen LogP contribution in [0.1, 0.15) is 6.42 Å². The Balaban J connectivity index is 2.04. The van der Waals surface area contributed by atoms with Crippen molar-refractivity contribution in [1.82, 2.24) is 10.2 Å². The van der Waals surface area contributed by atoms with Crippen LogP contribution in [0.15, 0.2) is 12.3 Å². The maximum absolute atomic E-state index is 11.6. The zero-order chi connectivity index (χ0) is 11.7. The summed E-state index contributed by atoms with van der Waals surface area (Å²) in [5.41, 5.74) is 5.49. The first-order valence-corrected chi connectivity index (χ1v) is 5.09. The number of ether oxygens (including phenoxy) is 1. The quantitative estimate of drug-likeness (QED) is 0.450. The number of amides is 2. The van der Waals surface area contributed by atoms with Crippen molar-refractivity contribution in [3.8, 4) is 0 Å². The number of nitrogens with two attached hydrogens (primary N) is 1. The summed E-state index contributed by atoms with van der Waals surface area (Å²) < 4.78 is 5.34. The molecule has 2 aliphatic heterocycles.